The molecule has 0 aromatic heterocycles. The molecule has 1 N–H and O–H groups in total. The summed E-state index contributed by atoms with van der Waals surface area (Å²) < 4.78 is 0. The van der Waals surface area contributed by atoms with Crippen LogP contribution >= 0.6 is 11.6 Å². The second-order valence-electron chi connectivity index (χ2n) is 4.51. The molecule has 1 saturated carbocycles. The number of hydrogen-bond acceptors (Lipinski definition) is 2. The molecule has 2 nitrogen and oxygen atoms in total. The SMILES string of the molecule is CC(C)[C@H]1CC[C@@](C)(O)[C@@H](Cl)C1=O. The Balaban J connectivity index is 2.77. The van der Waals surface area contributed by atoms with Crippen LogP contribution in [0.3, 0.4) is 0 Å². The summed E-state index contributed by atoms with van der Waals surface area (Å²) in [5.74, 6) is 0.362. The molecule has 0 radical (unpaired) electrons. The Kier molecular flexibility index (Phi) is 3.03. The van der Waals surface area contributed by atoms with Crippen molar-refractivity contribution in [2.75, 3.05) is 0 Å². The largest absolute Gasteiger partial charge is 0.388 e. The quantitative estimate of drug-likeness (QED) is 0.664. The van der Waals surface area contributed by atoms with Crippen LogP contribution in [0.25, 0.3) is 0 Å². The van der Waals surface area contributed by atoms with Crippen LogP contribution in [-0.2, 0) is 4.79 Å². The lowest BCUT2D eigenvalue weighted by Gasteiger charge is -2.37. The maximum absolute atomic E-state index is 11.7. The zero-order valence-electron chi connectivity index (χ0n) is 8.38. The molecule has 0 heterocycles. The van der Waals surface area contributed by atoms with Gasteiger partial charge in [-0.15, -0.1) is 11.6 Å². The first-order valence-corrected chi connectivity index (χ1v) is 5.20. The van der Waals surface area contributed by atoms with Gasteiger partial charge in [0.25, 0.3) is 0 Å². The van der Waals surface area contributed by atoms with Crippen molar-refractivity contribution in [2.24, 2.45) is 11.8 Å². The average molecular weight is 205 g/mol. The average Bonchev–Trinajstić information content (AvgIpc) is 2.00. The molecule has 76 valence electrons. The predicted octanol–water partition coefficient (Wildman–Crippen LogP) is 1.98. The Bertz CT molecular complexity index is 207. The van der Waals surface area contributed by atoms with E-state index < -0.39 is 11.0 Å². The Hall–Kier alpha value is -0.0800. The first-order chi connectivity index (χ1) is 5.86. The van der Waals surface area contributed by atoms with Gasteiger partial charge in [0.15, 0.2) is 5.78 Å². The van der Waals surface area contributed by atoms with E-state index in [4.69, 9.17) is 11.6 Å². The molecule has 3 heteroatoms. The van der Waals surface area contributed by atoms with E-state index >= 15 is 0 Å². The molecule has 0 aromatic carbocycles. The van der Waals surface area contributed by atoms with Crippen LogP contribution in [0, 0.1) is 11.8 Å². The topological polar surface area (TPSA) is 37.3 Å². The maximum atomic E-state index is 11.7. The molecular formula is C10H17ClO2. The van der Waals surface area contributed by atoms with Gasteiger partial charge in [0.05, 0.1) is 5.60 Å². The molecule has 1 aliphatic carbocycles. The minimum Gasteiger partial charge on any atom is -0.388 e. The number of rotatable bonds is 1. The van der Waals surface area contributed by atoms with Crippen LogP contribution in [0.5, 0.6) is 0 Å². The van der Waals surface area contributed by atoms with Gasteiger partial charge in [-0.3, -0.25) is 4.79 Å². The number of aliphatic hydroxyl groups is 1. The second-order valence-corrected chi connectivity index (χ2v) is 4.95. The third-order valence-corrected chi connectivity index (χ3v) is 3.61. The summed E-state index contributed by atoms with van der Waals surface area (Å²) in [6.07, 6.45) is 1.38. The minimum absolute atomic E-state index is 0.00733. The van der Waals surface area contributed by atoms with Crippen molar-refractivity contribution in [3.05, 3.63) is 0 Å². The number of halogens is 1. The fourth-order valence-corrected chi connectivity index (χ4v) is 2.14. The molecule has 0 saturated heterocycles. The number of alkyl halides is 1. The first-order valence-electron chi connectivity index (χ1n) is 4.76. The number of ketones is 1. The Labute approximate surface area is 84.3 Å². The molecule has 0 aliphatic heterocycles. The van der Waals surface area contributed by atoms with Crippen LogP contribution in [0.15, 0.2) is 0 Å². The highest BCUT2D eigenvalue weighted by atomic mass is 35.5. The van der Waals surface area contributed by atoms with Crippen molar-refractivity contribution in [1.82, 2.24) is 0 Å². The van der Waals surface area contributed by atoms with Gasteiger partial charge < -0.3 is 5.11 Å². The van der Waals surface area contributed by atoms with E-state index in [1.807, 2.05) is 13.8 Å². The van der Waals surface area contributed by atoms with Gasteiger partial charge >= 0.3 is 0 Å². The number of carbonyl (C=O) groups excluding carboxylic acids is 1. The van der Waals surface area contributed by atoms with Gasteiger partial charge in [0.2, 0.25) is 0 Å². The Morgan fingerprint density at radius 2 is 2.15 bits per heavy atom. The summed E-state index contributed by atoms with van der Waals surface area (Å²) in [6, 6.07) is 0. The molecule has 1 rings (SSSR count). The van der Waals surface area contributed by atoms with Crippen molar-refractivity contribution in [3.63, 3.8) is 0 Å². The third-order valence-electron chi connectivity index (χ3n) is 2.93. The summed E-state index contributed by atoms with van der Waals surface area (Å²) in [4.78, 5) is 11.7. The smallest absolute Gasteiger partial charge is 0.156 e. The predicted molar refractivity (Wildman–Crippen MR) is 52.8 cm³/mol. The van der Waals surface area contributed by atoms with E-state index in [-0.39, 0.29) is 11.7 Å². The number of carbonyl (C=O) groups is 1. The van der Waals surface area contributed by atoms with E-state index in [0.29, 0.717) is 12.3 Å². The molecule has 0 bridgehead atoms. The molecule has 0 aromatic rings. The monoisotopic (exact) mass is 204 g/mol. The fraction of sp³-hybridized carbons (Fsp3) is 0.900. The van der Waals surface area contributed by atoms with E-state index in [1.54, 1.807) is 6.92 Å². The van der Waals surface area contributed by atoms with Crippen LogP contribution in [0.4, 0.5) is 0 Å². The minimum atomic E-state index is -1.01. The highest BCUT2D eigenvalue weighted by Gasteiger charge is 2.44. The van der Waals surface area contributed by atoms with Gasteiger partial charge in [-0.25, -0.2) is 0 Å². The lowest BCUT2D eigenvalue weighted by atomic mass is 9.74. The highest BCUT2D eigenvalue weighted by Crippen LogP contribution is 2.36. The molecule has 0 unspecified atom stereocenters. The second kappa shape index (κ2) is 3.58. The molecule has 1 fully saturated rings. The summed E-state index contributed by atoms with van der Waals surface area (Å²) in [6.45, 7) is 5.68. The summed E-state index contributed by atoms with van der Waals surface area (Å²) in [7, 11) is 0. The normalized spacial score (nSPS) is 41.2. The van der Waals surface area contributed by atoms with Crippen molar-refractivity contribution in [3.8, 4) is 0 Å². The van der Waals surface area contributed by atoms with Gasteiger partial charge in [-0.2, -0.15) is 0 Å². The Morgan fingerprint density at radius 3 is 2.62 bits per heavy atom. The van der Waals surface area contributed by atoms with E-state index in [2.05, 4.69) is 0 Å². The standard InChI is InChI=1S/C10H17ClO2/c1-6(2)7-4-5-10(3,13)9(11)8(7)12/h6-7,9,13H,4-5H2,1-3H3/t7-,9+,10-/m1/s1. The first kappa shape index (κ1) is 11.0. The zero-order valence-corrected chi connectivity index (χ0v) is 9.14. The summed E-state index contributed by atoms with van der Waals surface area (Å²) in [5.41, 5.74) is -1.01. The molecule has 0 amide bonds. The summed E-state index contributed by atoms with van der Waals surface area (Å²) in [5, 5.41) is 9.03. The molecule has 1 aliphatic rings. The number of hydrogen-bond donors (Lipinski definition) is 1. The van der Waals surface area contributed by atoms with E-state index in [9.17, 15) is 9.90 Å². The highest BCUT2D eigenvalue weighted by molar-refractivity contribution is 6.32. The van der Waals surface area contributed by atoms with Crippen molar-refractivity contribution in [1.29, 1.82) is 0 Å². The zero-order chi connectivity index (χ0) is 10.2. The Morgan fingerprint density at radius 1 is 1.62 bits per heavy atom. The van der Waals surface area contributed by atoms with Crippen molar-refractivity contribution < 1.29 is 9.90 Å². The fourth-order valence-electron chi connectivity index (χ4n) is 1.87. The molecular weight excluding hydrogens is 188 g/mol. The molecule has 0 spiro atoms. The van der Waals surface area contributed by atoms with Gasteiger partial charge in [-0.1, -0.05) is 13.8 Å². The van der Waals surface area contributed by atoms with Crippen molar-refractivity contribution >= 4 is 17.4 Å². The van der Waals surface area contributed by atoms with E-state index in [0.717, 1.165) is 6.42 Å². The van der Waals surface area contributed by atoms with Crippen molar-refractivity contribution in [2.45, 2.75) is 44.6 Å². The lowest BCUT2D eigenvalue weighted by molar-refractivity contribution is -0.132. The van der Waals surface area contributed by atoms with Crippen LogP contribution < -0.4 is 0 Å². The summed E-state index contributed by atoms with van der Waals surface area (Å²) >= 11 is 5.90. The third kappa shape index (κ3) is 2.05. The van der Waals surface area contributed by atoms with Crippen LogP contribution in [0.2, 0.25) is 0 Å². The van der Waals surface area contributed by atoms with Gasteiger partial charge in [0.1, 0.15) is 5.38 Å². The van der Waals surface area contributed by atoms with Gasteiger partial charge in [-0.05, 0) is 25.7 Å². The van der Waals surface area contributed by atoms with E-state index in [1.165, 1.54) is 0 Å². The maximum Gasteiger partial charge on any atom is 0.156 e. The van der Waals surface area contributed by atoms with Crippen LogP contribution in [0.1, 0.15) is 33.6 Å². The van der Waals surface area contributed by atoms with Gasteiger partial charge in [0, 0.05) is 5.92 Å². The molecule has 3 atom stereocenters. The number of Topliss-reactive ketones (excluding diaryl/α,β-unsaturated/α-hetero) is 1. The lowest BCUT2D eigenvalue weighted by Crippen LogP contribution is -2.49. The van der Waals surface area contributed by atoms with Crippen LogP contribution in [-0.4, -0.2) is 21.9 Å². The molecule has 13 heavy (non-hydrogen) atoms.